The number of hydrogen-bond donors (Lipinski definition) is 1. The van der Waals surface area contributed by atoms with Gasteiger partial charge in [-0.2, -0.15) is 0 Å². The fourth-order valence-corrected chi connectivity index (χ4v) is 1.70. The molecule has 0 aromatic heterocycles. The molecule has 0 aliphatic heterocycles. The van der Waals surface area contributed by atoms with E-state index in [0.29, 0.717) is 12.3 Å². The smallest absolute Gasteiger partial charge is 0.231 e. The van der Waals surface area contributed by atoms with E-state index in [4.69, 9.17) is 16.3 Å². The lowest BCUT2D eigenvalue weighted by molar-refractivity contribution is -0.124. The summed E-state index contributed by atoms with van der Waals surface area (Å²) < 4.78 is 5.57. The van der Waals surface area contributed by atoms with Crippen molar-refractivity contribution < 1.29 is 14.3 Å². The van der Waals surface area contributed by atoms with Crippen molar-refractivity contribution in [3.8, 4) is 5.75 Å². The maximum absolute atomic E-state index is 11.5. The van der Waals surface area contributed by atoms with Gasteiger partial charge >= 0.3 is 0 Å². The van der Waals surface area contributed by atoms with E-state index in [-0.39, 0.29) is 24.0 Å². The summed E-state index contributed by atoms with van der Waals surface area (Å²) >= 11 is 5.34. The Morgan fingerprint density at radius 1 is 1.20 bits per heavy atom. The zero-order valence-corrected chi connectivity index (χ0v) is 12.4. The molecule has 1 aromatic rings. The number of unbranched alkanes of at least 4 members (excludes halogenated alkanes) is 2. The van der Waals surface area contributed by atoms with Crippen molar-refractivity contribution in [2.24, 2.45) is 0 Å². The van der Waals surface area contributed by atoms with E-state index in [1.807, 2.05) is 0 Å². The first kappa shape index (κ1) is 16.5. The van der Waals surface area contributed by atoms with Crippen LogP contribution in [0.1, 0.15) is 32.6 Å². The molecule has 1 N–H and O–H groups in total. The summed E-state index contributed by atoms with van der Waals surface area (Å²) in [5, 5.41) is 2.64. The molecule has 0 aliphatic carbocycles. The highest BCUT2D eigenvalue weighted by atomic mass is 35.5. The Morgan fingerprint density at radius 2 is 1.90 bits per heavy atom. The Kier molecular flexibility index (Phi) is 7.73. The van der Waals surface area contributed by atoms with Gasteiger partial charge in [0.1, 0.15) is 5.75 Å². The number of carbonyl (C=O) groups is 2. The molecule has 5 heteroatoms. The number of nitrogens with one attached hydrogen (secondary N) is 1. The number of amides is 1. The number of alkyl halides is 1. The van der Waals surface area contributed by atoms with Crippen molar-refractivity contribution in [3.05, 3.63) is 24.3 Å². The number of halogens is 1. The largest absolute Gasteiger partial charge is 0.494 e. The Balaban J connectivity index is 2.38. The van der Waals surface area contributed by atoms with Crippen LogP contribution in [0.5, 0.6) is 5.75 Å². The molecule has 0 fully saturated rings. The molecule has 1 aromatic carbocycles. The molecule has 0 aliphatic rings. The highest BCUT2D eigenvalue weighted by molar-refractivity contribution is 6.29. The molecule has 4 nitrogen and oxygen atoms in total. The van der Waals surface area contributed by atoms with Crippen molar-refractivity contribution in [2.75, 3.05) is 17.8 Å². The minimum absolute atomic E-state index is 0.141. The first-order valence-corrected chi connectivity index (χ1v) is 7.29. The summed E-state index contributed by atoms with van der Waals surface area (Å²) in [6.45, 7) is 2.84. The molecular weight excluding hydrogens is 278 g/mol. The molecule has 0 spiro atoms. The number of ketones is 1. The molecule has 0 heterocycles. The van der Waals surface area contributed by atoms with Crippen LogP contribution in [0.15, 0.2) is 24.3 Å². The molecule has 20 heavy (non-hydrogen) atoms. The van der Waals surface area contributed by atoms with Gasteiger partial charge in [-0.05, 0) is 30.7 Å². The fourth-order valence-electron chi connectivity index (χ4n) is 1.61. The van der Waals surface area contributed by atoms with Crippen molar-refractivity contribution in [1.29, 1.82) is 0 Å². The quantitative estimate of drug-likeness (QED) is 0.432. The lowest BCUT2D eigenvalue weighted by Crippen LogP contribution is -2.16. The van der Waals surface area contributed by atoms with E-state index in [1.54, 1.807) is 24.3 Å². The lowest BCUT2D eigenvalue weighted by atomic mass is 10.2. The second kappa shape index (κ2) is 9.37. The normalized spacial score (nSPS) is 10.1. The number of ether oxygens (including phenoxy) is 1. The van der Waals surface area contributed by atoms with Gasteiger partial charge in [-0.15, -0.1) is 11.6 Å². The van der Waals surface area contributed by atoms with Crippen LogP contribution in [0.25, 0.3) is 0 Å². The van der Waals surface area contributed by atoms with Gasteiger partial charge in [0.05, 0.1) is 18.9 Å². The highest BCUT2D eigenvalue weighted by Crippen LogP contribution is 2.16. The third-order valence-corrected chi connectivity index (χ3v) is 2.96. The van der Waals surface area contributed by atoms with Gasteiger partial charge < -0.3 is 10.1 Å². The predicted octanol–water partition coefficient (Wildman–Crippen LogP) is 3.39. The Morgan fingerprint density at radius 3 is 2.50 bits per heavy atom. The van der Waals surface area contributed by atoms with Crippen LogP contribution in [-0.2, 0) is 9.59 Å². The fraction of sp³-hybridized carbons (Fsp3) is 0.467. The topological polar surface area (TPSA) is 55.4 Å². The molecule has 0 radical (unpaired) electrons. The Labute approximate surface area is 124 Å². The number of anilines is 1. The van der Waals surface area contributed by atoms with Crippen LogP contribution < -0.4 is 10.1 Å². The standard InChI is InChI=1S/C15H20ClNO3/c1-2-3-4-9-20-14-7-5-12(6-8-14)17-15(19)10-13(18)11-16/h5-8H,2-4,9-11H2,1H3,(H,17,19). The van der Waals surface area contributed by atoms with Crippen LogP contribution >= 0.6 is 11.6 Å². The molecule has 0 bridgehead atoms. The monoisotopic (exact) mass is 297 g/mol. The van der Waals surface area contributed by atoms with Crippen molar-refractivity contribution in [2.45, 2.75) is 32.6 Å². The number of benzene rings is 1. The van der Waals surface area contributed by atoms with E-state index in [1.165, 1.54) is 0 Å². The van der Waals surface area contributed by atoms with Crippen LogP contribution in [-0.4, -0.2) is 24.2 Å². The third-order valence-electron chi connectivity index (χ3n) is 2.66. The van der Waals surface area contributed by atoms with Gasteiger partial charge in [-0.3, -0.25) is 9.59 Å². The van der Waals surface area contributed by atoms with Crippen LogP contribution in [0.2, 0.25) is 0 Å². The number of hydrogen-bond acceptors (Lipinski definition) is 3. The predicted molar refractivity (Wildman–Crippen MR) is 80.4 cm³/mol. The van der Waals surface area contributed by atoms with Crippen molar-refractivity contribution in [1.82, 2.24) is 0 Å². The van der Waals surface area contributed by atoms with Crippen LogP contribution in [0.4, 0.5) is 5.69 Å². The molecule has 110 valence electrons. The molecule has 1 amide bonds. The van der Waals surface area contributed by atoms with E-state index in [0.717, 1.165) is 25.0 Å². The van der Waals surface area contributed by atoms with Crippen molar-refractivity contribution in [3.63, 3.8) is 0 Å². The van der Waals surface area contributed by atoms with Crippen LogP contribution in [0.3, 0.4) is 0 Å². The van der Waals surface area contributed by atoms with Gasteiger partial charge in [0.25, 0.3) is 0 Å². The minimum atomic E-state index is -0.354. The summed E-state index contributed by atoms with van der Waals surface area (Å²) in [6, 6.07) is 7.09. The maximum Gasteiger partial charge on any atom is 0.231 e. The SMILES string of the molecule is CCCCCOc1ccc(NC(=O)CC(=O)CCl)cc1. The summed E-state index contributed by atoms with van der Waals surface area (Å²) in [5.41, 5.74) is 0.637. The average Bonchev–Trinajstić information content (AvgIpc) is 2.45. The highest BCUT2D eigenvalue weighted by Gasteiger charge is 2.08. The summed E-state index contributed by atoms with van der Waals surface area (Å²) in [7, 11) is 0. The maximum atomic E-state index is 11.5. The second-order valence-corrected chi connectivity index (χ2v) is 4.74. The minimum Gasteiger partial charge on any atom is -0.494 e. The number of carbonyl (C=O) groups excluding carboxylic acids is 2. The van der Waals surface area contributed by atoms with E-state index < -0.39 is 0 Å². The molecule has 0 unspecified atom stereocenters. The Hall–Kier alpha value is -1.55. The van der Waals surface area contributed by atoms with Gasteiger partial charge in [0.2, 0.25) is 5.91 Å². The van der Waals surface area contributed by atoms with Crippen molar-refractivity contribution >= 4 is 29.0 Å². The first-order chi connectivity index (χ1) is 9.65. The molecular formula is C15H20ClNO3. The Bertz CT molecular complexity index is 431. The second-order valence-electron chi connectivity index (χ2n) is 4.48. The van der Waals surface area contributed by atoms with E-state index in [2.05, 4.69) is 12.2 Å². The van der Waals surface area contributed by atoms with E-state index in [9.17, 15) is 9.59 Å². The summed E-state index contributed by atoms with van der Waals surface area (Å²) in [4.78, 5) is 22.5. The third kappa shape index (κ3) is 6.57. The van der Waals surface area contributed by atoms with Crippen LogP contribution in [0, 0.1) is 0 Å². The van der Waals surface area contributed by atoms with Gasteiger partial charge in [0.15, 0.2) is 5.78 Å². The van der Waals surface area contributed by atoms with E-state index >= 15 is 0 Å². The first-order valence-electron chi connectivity index (χ1n) is 6.76. The average molecular weight is 298 g/mol. The number of rotatable bonds is 9. The van der Waals surface area contributed by atoms with Gasteiger partial charge in [-0.1, -0.05) is 19.8 Å². The van der Waals surface area contributed by atoms with Gasteiger partial charge in [0, 0.05) is 5.69 Å². The lowest BCUT2D eigenvalue weighted by Gasteiger charge is -2.08. The molecule has 0 atom stereocenters. The molecule has 1 rings (SSSR count). The molecule has 0 saturated heterocycles. The molecule has 0 saturated carbocycles. The van der Waals surface area contributed by atoms with Gasteiger partial charge in [-0.25, -0.2) is 0 Å². The zero-order valence-electron chi connectivity index (χ0n) is 11.7. The number of Topliss-reactive ketones (excluding diaryl/α,β-unsaturated/α-hetero) is 1. The zero-order chi connectivity index (χ0) is 14.8. The summed E-state index contributed by atoms with van der Waals surface area (Å²) in [5.74, 6) is -0.0129. The summed E-state index contributed by atoms with van der Waals surface area (Å²) in [6.07, 6.45) is 3.16.